The average molecular weight is 434 g/mol. The van der Waals surface area contributed by atoms with E-state index in [1.54, 1.807) is 36.4 Å². The smallest absolute Gasteiger partial charge is 0.341 e. The minimum Gasteiger partial charge on any atom is -0.482 e. The van der Waals surface area contributed by atoms with Crippen molar-refractivity contribution in [3.05, 3.63) is 71.7 Å². The first-order valence-electron chi connectivity index (χ1n) is 9.22. The number of aliphatic carboxylic acids is 1. The van der Waals surface area contributed by atoms with Gasteiger partial charge in [-0.25, -0.2) is 14.6 Å². The Labute approximate surface area is 181 Å². The first-order valence-corrected chi connectivity index (χ1v) is 9.22. The molecule has 2 aromatic carbocycles. The number of urea groups is 1. The molecule has 3 rings (SSSR count). The molecule has 0 saturated heterocycles. The maximum Gasteiger partial charge on any atom is 0.341 e. The summed E-state index contributed by atoms with van der Waals surface area (Å²) in [7, 11) is 0. The number of nitrogens with zero attached hydrogens (tertiary/aromatic N) is 2. The van der Waals surface area contributed by atoms with E-state index in [-0.39, 0.29) is 11.6 Å². The fraction of sp³-hybridized carbons (Fsp3) is 0.0952. The summed E-state index contributed by atoms with van der Waals surface area (Å²) >= 11 is 0. The summed E-state index contributed by atoms with van der Waals surface area (Å²) in [5, 5.41) is 22.6. The summed E-state index contributed by atoms with van der Waals surface area (Å²) in [5.74, 6) is -1.94. The van der Waals surface area contributed by atoms with Gasteiger partial charge in [0.05, 0.1) is 17.8 Å². The van der Waals surface area contributed by atoms with Crippen LogP contribution in [0.15, 0.2) is 54.7 Å². The molecule has 0 aliphatic heterocycles. The topological polar surface area (TPSA) is 183 Å². The SMILES string of the molecule is N#Cc1ccc(NC(=O)Nc2cnc(C(C(N)=O)c3ccc(OCC(=O)O)cc3)[nH]2)cc1. The second-order valence-electron chi connectivity index (χ2n) is 6.54. The number of rotatable bonds is 8. The normalized spacial score (nSPS) is 11.1. The van der Waals surface area contributed by atoms with E-state index in [9.17, 15) is 14.4 Å². The van der Waals surface area contributed by atoms with Crippen LogP contribution in [0, 0.1) is 11.3 Å². The number of hydrogen-bond acceptors (Lipinski definition) is 6. The van der Waals surface area contributed by atoms with E-state index in [1.165, 1.54) is 18.3 Å². The molecule has 11 heteroatoms. The van der Waals surface area contributed by atoms with Crippen LogP contribution in [0.1, 0.15) is 22.9 Å². The number of primary amides is 1. The number of H-pyrrole nitrogens is 1. The van der Waals surface area contributed by atoms with Crippen molar-refractivity contribution in [1.82, 2.24) is 9.97 Å². The van der Waals surface area contributed by atoms with E-state index in [1.807, 2.05) is 6.07 Å². The molecule has 1 heterocycles. The average Bonchev–Trinajstić information content (AvgIpc) is 3.21. The molecular weight excluding hydrogens is 416 g/mol. The lowest BCUT2D eigenvalue weighted by atomic mass is 9.98. The van der Waals surface area contributed by atoms with Crippen LogP contribution in [-0.4, -0.2) is 39.6 Å². The van der Waals surface area contributed by atoms with Crippen molar-refractivity contribution in [2.45, 2.75) is 5.92 Å². The maximum atomic E-state index is 12.2. The molecule has 1 atom stereocenters. The van der Waals surface area contributed by atoms with Crippen molar-refractivity contribution in [2.75, 3.05) is 17.2 Å². The Balaban J connectivity index is 1.68. The van der Waals surface area contributed by atoms with Gasteiger partial charge >= 0.3 is 12.0 Å². The van der Waals surface area contributed by atoms with Gasteiger partial charge in [-0.2, -0.15) is 5.26 Å². The van der Waals surface area contributed by atoms with Gasteiger partial charge in [0.15, 0.2) is 6.61 Å². The zero-order valence-electron chi connectivity index (χ0n) is 16.5. The summed E-state index contributed by atoms with van der Waals surface area (Å²) in [6.07, 6.45) is 1.34. The summed E-state index contributed by atoms with van der Waals surface area (Å²) < 4.78 is 5.07. The summed E-state index contributed by atoms with van der Waals surface area (Å²) in [6.45, 7) is -0.490. The number of carbonyl (C=O) groups is 3. The van der Waals surface area contributed by atoms with Gasteiger partial charge < -0.3 is 25.9 Å². The third-order valence-corrected chi connectivity index (χ3v) is 4.25. The van der Waals surface area contributed by atoms with E-state index < -0.39 is 30.4 Å². The quantitative estimate of drug-likeness (QED) is 0.359. The predicted molar refractivity (Wildman–Crippen MR) is 113 cm³/mol. The number of carboxylic acid groups (broad SMARTS) is 1. The third-order valence-electron chi connectivity index (χ3n) is 4.25. The highest BCUT2D eigenvalue weighted by Crippen LogP contribution is 2.25. The number of nitriles is 1. The molecule has 6 N–H and O–H groups in total. The van der Waals surface area contributed by atoms with Crippen LogP contribution in [0.4, 0.5) is 16.3 Å². The lowest BCUT2D eigenvalue weighted by Gasteiger charge is -2.12. The number of ether oxygens (including phenoxy) is 1. The molecule has 0 saturated carbocycles. The molecule has 0 fully saturated rings. The molecule has 32 heavy (non-hydrogen) atoms. The van der Waals surface area contributed by atoms with Crippen molar-refractivity contribution in [2.24, 2.45) is 5.73 Å². The standard InChI is InChI=1S/C21H18N6O5/c22-9-12-1-5-14(6-2-12)25-21(31)27-16-10-24-20(26-16)18(19(23)30)13-3-7-15(8-4-13)32-11-17(28)29/h1-8,10,18H,11H2,(H2,23,30)(H,24,26)(H,28,29)(H2,25,27,31). The van der Waals surface area contributed by atoms with Crippen LogP contribution in [0.25, 0.3) is 0 Å². The predicted octanol–water partition coefficient (Wildman–Crippen LogP) is 2.01. The molecule has 11 nitrogen and oxygen atoms in total. The Morgan fingerprint density at radius 2 is 1.81 bits per heavy atom. The van der Waals surface area contributed by atoms with Crippen LogP contribution < -0.4 is 21.1 Å². The Kier molecular flexibility index (Phi) is 6.67. The highest BCUT2D eigenvalue weighted by Gasteiger charge is 2.24. The zero-order chi connectivity index (χ0) is 23.1. The number of carbonyl (C=O) groups excluding carboxylic acids is 2. The molecule has 1 aromatic heterocycles. The fourth-order valence-corrected chi connectivity index (χ4v) is 2.82. The molecule has 0 bridgehead atoms. The lowest BCUT2D eigenvalue weighted by molar-refractivity contribution is -0.139. The van der Waals surface area contributed by atoms with Gasteiger partial charge in [0.1, 0.15) is 23.3 Å². The van der Waals surface area contributed by atoms with E-state index in [4.69, 9.17) is 20.8 Å². The number of nitrogens with one attached hydrogen (secondary N) is 3. The van der Waals surface area contributed by atoms with Gasteiger partial charge in [-0.15, -0.1) is 0 Å². The van der Waals surface area contributed by atoms with Gasteiger partial charge in [-0.05, 0) is 42.0 Å². The molecule has 0 aliphatic carbocycles. The number of nitrogens with two attached hydrogens (primary N) is 1. The Hall–Kier alpha value is -4.85. The Morgan fingerprint density at radius 3 is 2.41 bits per heavy atom. The molecule has 3 aromatic rings. The van der Waals surface area contributed by atoms with Crippen molar-refractivity contribution in [3.8, 4) is 11.8 Å². The number of amides is 3. The minimum absolute atomic E-state index is 0.213. The van der Waals surface area contributed by atoms with Crippen molar-refractivity contribution < 1.29 is 24.2 Å². The number of hydrogen-bond donors (Lipinski definition) is 5. The first kappa shape index (κ1) is 21.8. The van der Waals surface area contributed by atoms with Crippen LogP contribution in [0.2, 0.25) is 0 Å². The van der Waals surface area contributed by atoms with Crippen molar-refractivity contribution >= 4 is 29.4 Å². The van der Waals surface area contributed by atoms with Crippen LogP contribution >= 0.6 is 0 Å². The second-order valence-corrected chi connectivity index (χ2v) is 6.54. The number of imidazole rings is 1. The number of benzene rings is 2. The minimum atomic E-state index is -1.11. The molecular formula is C21H18N6O5. The molecule has 0 spiro atoms. The van der Waals surface area contributed by atoms with Crippen LogP contribution in [-0.2, 0) is 9.59 Å². The third kappa shape index (κ3) is 5.61. The zero-order valence-corrected chi connectivity index (χ0v) is 16.5. The van der Waals surface area contributed by atoms with E-state index >= 15 is 0 Å². The van der Waals surface area contributed by atoms with E-state index in [0.29, 0.717) is 22.6 Å². The van der Waals surface area contributed by atoms with Crippen LogP contribution in [0.5, 0.6) is 5.75 Å². The van der Waals surface area contributed by atoms with Gasteiger partial charge in [-0.1, -0.05) is 12.1 Å². The molecule has 162 valence electrons. The molecule has 0 radical (unpaired) electrons. The molecule has 0 aliphatic rings. The summed E-state index contributed by atoms with van der Waals surface area (Å²) in [4.78, 5) is 41.8. The number of carboxylic acids is 1. The van der Waals surface area contributed by atoms with Gasteiger partial charge in [0.25, 0.3) is 0 Å². The lowest BCUT2D eigenvalue weighted by Crippen LogP contribution is -2.23. The number of aromatic nitrogens is 2. The van der Waals surface area contributed by atoms with Gasteiger partial charge in [-0.3, -0.25) is 10.1 Å². The highest BCUT2D eigenvalue weighted by atomic mass is 16.5. The Bertz CT molecular complexity index is 1160. The van der Waals surface area contributed by atoms with E-state index in [2.05, 4.69) is 20.6 Å². The van der Waals surface area contributed by atoms with Gasteiger partial charge in [0, 0.05) is 5.69 Å². The fourth-order valence-electron chi connectivity index (χ4n) is 2.82. The summed E-state index contributed by atoms with van der Waals surface area (Å²) in [5.41, 5.74) is 7.00. The monoisotopic (exact) mass is 434 g/mol. The Morgan fingerprint density at radius 1 is 1.12 bits per heavy atom. The molecule has 3 amide bonds. The van der Waals surface area contributed by atoms with Crippen molar-refractivity contribution in [1.29, 1.82) is 5.26 Å². The van der Waals surface area contributed by atoms with Crippen molar-refractivity contribution in [3.63, 3.8) is 0 Å². The first-order chi connectivity index (χ1) is 15.4. The van der Waals surface area contributed by atoms with E-state index in [0.717, 1.165) is 0 Å². The van der Waals surface area contributed by atoms with Crippen LogP contribution in [0.3, 0.4) is 0 Å². The largest absolute Gasteiger partial charge is 0.482 e. The molecule has 1 unspecified atom stereocenters. The number of anilines is 2. The second kappa shape index (κ2) is 9.77. The number of aromatic amines is 1. The van der Waals surface area contributed by atoms with Gasteiger partial charge in [0.2, 0.25) is 5.91 Å². The highest BCUT2D eigenvalue weighted by molar-refractivity contribution is 5.99. The summed E-state index contributed by atoms with van der Waals surface area (Å²) in [6, 6.07) is 13.9. The maximum absolute atomic E-state index is 12.2.